The summed E-state index contributed by atoms with van der Waals surface area (Å²) in [4.78, 5) is 0. The summed E-state index contributed by atoms with van der Waals surface area (Å²) in [5.74, 6) is 1.99. The lowest BCUT2D eigenvalue weighted by Gasteiger charge is -2.11. The molecule has 0 bridgehead atoms. The van der Waals surface area contributed by atoms with Crippen molar-refractivity contribution in [2.45, 2.75) is 19.9 Å². The average molecular weight is 225 g/mol. The van der Waals surface area contributed by atoms with E-state index in [0.717, 1.165) is 29.2 Å². The van der Waals surface area contributed by atoms with E-state index in [9.17, 15) is 0 Å². The number of ether oxygens (including phenoxy) is 1. The monoisotopic (exact) mass is 225 g/mol. The van der Waals surface area contributed by atoms with Crippen molar-refractivity contribution in [1.82, 2.24) is 0 Å². The molecule has 3 heteroatoms. The Bertz CT molecular complexity index is 312. The Morgan fingerprint density at radius 2 is 2.20 bits per heavy atom. The smallest absolute Gasteiger partial charge is 0.122 e. The second-order valence-corrected chi connectivity index (χ2v) is 4.64. The summed E-state index contributed by atoms with van der Waals surface area (Å²) in [6.45, 7) is 4.81. The largest absolute Gasteiger partial charge is 0.492 e. The molecule has 15 heavy (non-hydrogen) atoms. The van der Waals surface area contributed by atoms with Crippen LogP contribution in [0.25, 0.3) is 0 Å². The highest BCUT2D eigenvalue weighted by Gasteiger charge is 2.03. The van der Waals surface area contributed by atoms with Gasteiger partial charge in [-0.3, -0.25) is 0 Å². The molecule has 0 aliphatic rings. The van der Waals surface area contributed by atoms with Crippen molar-refractivity contribution in [3.8, 4) is 5.75 Å². The second kappa shape index (κ2) is 6.03. The maximum atomic E-state index is 5.81. The van der Waals surface area contributed by atoms with Crippen LogP contribution < -0.4 is 10.5 Å². The molecule has 0 amide bonds. The Morgan fingerprint density at radius 1 is 1.47 bits per heavy atom. The molecule has 0 fully saturated rings. The van der Waals surface area contributed by atoms with E-state index in [1.165, 1.54) is 0 Å². The average Bonchev–Trinajstić information content (AvgIpc) is 2.20. The number of hydrogen-bond donors (Lipinski definition) is 1. The Morgan fingerprint density at radius 3 is 2.73 bits per heavy atom. The molecule has 2 nitrogen and oxygen atoms in total. The molecule has 0 spiro atoms. The lowest BCUT2D eigenvalue weighted by atomic mass is 10.1. The van der Waals surface area contributed by atoms with Crippen LogP contribution in [0.5, 0.6) is 5.75 Å². The number of hydrogen-bond acceptors (Lipinski definition) is 3. The van der Waals surface area contributed by atoms with Gasteiger partial charge in [0.15, 0.2) is 0 Å². The molecule has 0 heterocycles. The zero-order valence-corrected chi connectivity index (χ0v) is 10.4. The van der Waals surface area contributed by atoms with Crippen molar-refractivity contribution in [3.63, 3.8) is 0 Å². The lowest BCUT2D eigenvalue weighted by molar-refractivity contribution is 0.341. The van der Waals surface area contributed by atoms with Gasteiger partial charge in [0.05, 0.1) is 6.61 Å². The first kappa shape index (κ1) is 12.4. The van der Waals surface area contributed by atoms with Crippen LogP contribution in [0.15, 0.2) is 18.2 Å². The molecule has 0 saturated carbocycles. The molecule has 0 aliphatic carbocycles. The predicted molar refractivity (Wildman–Crippen MR) is 67.7 cm³/mol. The molecule has 0 radical (unpaired) electrons. The first-order valence-electron chi connectivity index (χ1n) is 5.13. The van der Waals surface area contributed by atoms with Crippen LogP contribution in [0.3, 0.4) is 0 Å². The highest BCUT2D eigenvalue weighted by molar-refractivity contribution is 7.98. The van der Waals surface area contributed by atoms with E-state index in [1.54, 1.807) is 11.8 Å². The van der Waals surface area contributed by atoms with Crippen molar-refractivity contribution in [2.24, 2.45) is 5.73 Å². The van der Waals surface area contributed by atoms with E-state index < -0.39 is 0 Å². The quantitative estimate of drug-likeness (QED) is 0.783. The van der Waals surface area contributed by atoms with Crippen LogP contribution in [0.4, 0.5) is 0 Å². The fourth-order valence-electron chi connectivity index (χ4n) is 1.35. The third-order valence-electron chi connectivity index (χ3n) is 2.27. The summed E-state index contributed by atoms with van der Waals surface area (Å²) < 4.78 is 5.65. The maximum Gasteiger partial charge on any atom is 0.122 e. The molecule has 0 unspecified atom stereocenters. The Labute approximate surface area is 96.2 Å². The van der Waals surface area contributed by atoms with Gasteiger partial charge in [-0.15, -0.1) is 0 Å². The summed E-state index contributed by atoms with van der Waals surface area (Å²) in [6.07, 6.45) is 2.08. The summed E-state index contributed by atoms with van der Waals surface area (Å²) in [5.41, 5.74) is 8.13. The lowest BCUT2D eigenvalue weighted by Crippen LogP contribution is -2.06. The second-order valence-electron chi connectivity index (χ2n) is 3.65. The molecule has 0 aliphatic heterocycles. The van der Waals surface area contributed by atoms with Crippen LogP contribution in [-0.4, -0.2) is 18.6 Å². The van der Waals surface area contributed by atoms with E-state index in [-0.39, 0.29) is 6.04 Å². The topological polar surface area (TPSA) is 35.2 Å². The number of aryl methyl sites for hydroxylation is 1. The minimum atomic E-state index is 0.0870. The van der Waals surface area contributed by atoms with E-state index in [1.807, 2.05) is 19.1 Å². The summed E-state index contributed by atoms with van der Waals surface area (Å²) in [5, 5.41) is 0. The molecule has 0 saturated heterocycles. The van der Waals surface area contributed by atoms with Crippen LogP contribution in [0.1, 0.15) is 24.1 Å². The summed E-state index contributed by atoms with van der Waals surface area (Å²) in [7, 11) is 0. The summed E-state index contributed by atoms with van der Waals surface area (Å²) >= 11 is 1.79. The molecule has 84 valence electrons. The van der Waals surface area contributed by atoms with Gasteiger partial charge in [-0.05, 0) is 37.3 Å². The number of rotatable bonds is 5. The number of nitrogens with two attached hydrogens (primary N) is 1. The molecule has 1 aromatic carbocycles. The van der Waals surface area contributed by atoms with Crippen molar-refractivity contribution >= 4 is 11.8 Å². The highest BCUT2D eigenvalue weighted by atomic mass is 32.2. The minimum absolute atomic E-state index is 0.0870. The normalized spacial score (nSPS) is 12.5. The van der Waals surface area contributed by atoms with Crippen molar-refractivity contribution in [3.05, 3.63) is 29.3 Å². The van der Waals surface area contributed by atoms with Gasteiger partial charge < -0.3 is 10.5 Å². The Balaban J connectivity index is 2.66. The number of benzene rings is 1. The van der Waals surface area contributed by atoms with Gasteiger partial charge >= 0.3 is 0 Å². The third-order valence-corrected chi connectivity index (χ3v) is 2.84. The first-order valence-corrected chi connectivity index (χ1v) is 6.52. The van der Waals surface area contributed by atoms with Gasteiger partial charge in [-0.1, -0.05) is 12.1 Å². The van der Waals surface area contributed by atoms with E-state index in [0.29, 0.717) is 0 Å². The van der Waals surface area contributed by atoms with Gasteiger partial charge in [0.25, 0.3) is 0 Å². The van der Waals surface area contributed by atoms with Crippen LogP contribution in [0.2, 0.25) is 0 Å². The van der Waals surface area contributed by atoms with Gasteiger partial charge in [0, 0.05) is 11.8 Å². The molecule has 1 rings (SSSR count). The molecule has 2 N–H and O–H groups in total. The van der Waals surface area contributed by atoms with Crippen molar-refractivity contribution in [2.75, 3.05) is 18.6 Å². The Hall–Kier alpha value is -0.670. The van der Waals surface area contributed by atoms with Gasteiger partial charge in [-0.2, -0.15) is 11.8 Å². The van der Waals surface area contributed by atoms with Gasteiger partial charge in [0.1, 0.15) is 5.75 Å². The van der Waals surface area contributed by atoms with Crippen LogP contribution in [-0.2, 0) is 0 Å². The third kappa shape index (κ3) is 3.76. The van der Waals surface area contributed by atoms with Gasteiger partial charge in [0.2, 0.25) is 0 Å². The molecule has 0 aromatic heterocycles. The zero-order valence-electron chi connectivity index (χ0n) is 9.62. The van der Waals surface area contributed by atoms with E-state index in [4.69, 9.17) is 10.5 Å². The predicted octanol–water partition coefficient (Wildman–Crippen LogP) is 2.76. The van der Waals surface area contributed by atoms with E-state index >= 15 is 0 Å². The van der Waals surface area contributed by atoms with Crippen LogP contribution >= 0.6 is 11.8 Å². The van der Waals surface area contributed by atoms with Crippen molar-refractivity contribution in [1.29, 1.82) is 0 Å². The SMILES string of the molecule is CSCCOc1ccc([C@H](C)N)cc1C. The minimum Gasteiger partial charge on any atom is -0.492 e. The molecule has 1 atom stereocenters. The van der Waals surface area contributed by atoms with Crippen LogP contribution in [0, 0.1) is 6.92 Å². The fourth-order valence-corrected chi connectivity index (χ4v) is 1.60. The fraction of sp³-hybridized carbons (Fsp3) is 0.500. The summed E-state index contributed by atoms with van der Waals surface area (Å²) in [6, 6.07) is 6.23. The zero-order chi connectivity index (χ0) is 11.3. The molecular formula is C12H19NOS. The highest BCUT2D eigenvalue weighted by Crippen LogP contribution is 2.21. The standard InChI is InChI=1S/C12H19NOS/c1-9-8-11(10(2)13)4-5-12(9)14-6-7-15-3/h4-5,8,10H,6-7,13H2,1-3H3/t10-/m0/s1. The van der Waals surface area contributed by atoms with E-state index in [2.05, 4.69) is 19.2 Å². The molecule has 1 aromatic rings. The molecular weight excluding hydrogens is 206 g/mol. The van der Waals surface area contributed by atoms with Gasteiger partial charge in [-0.25, -0.2) is 0 Å². The van der Waals surface area contributed by atoms with Crippen molar-refractivity contribution < 1.29 is 4.74 Å². The Kier molecular flexibility index (Phi) is 4.99. The first-order chi connectivity index (χ1) is 7.15. The maximum absolute atomic E-state index is 5.81. The number of thioether (sulfide) groups is 1.